The molecule has 10 heteroatoms. The van der Waals surface area contributed by atoms with Crippen LogP contribution in [0.2, 0.25) is 0 Å². The third-order valence-corrected chi connectivity index (χ3v) is 4.27. The number of aldehydes is 1. The van der Waals surface area contributed by atoms with Gasteiger partial charge >= 0.3 is 12.2 Å². The number of carboxylic acid groups (broad SMARTS) is 2. The van der Waals surface area contributed by atoms with E-state index >= 15 is 0 Å². The minimum absolute atomic E-state index is 0.178. The molecule has 6 N–H and O–H groups in total. The Morgan fingerprint density at radius 3 is 2.04 bits per heavy atom. The molecule has 10 nitrogen and oxygen atoms in total. The summed E-state index contributed by atoms with van der Waals surface area (Å²) in [6.45, 7) is 8.08. The summed E-state index contributed by atoms with van der Waals surface area (Å²) in [6, 6.07) is -1.03. The highest BCUT2D eigenvalue weighted by Gasteiger charge is 2.27. The molecule has 0 aromatic carbocycles. The largest absolute Gasteiger partial charge is 0.465 e. The maximum absolute atomic E-state index is 12.0. The van der Waals surface area contributed by atoms with Crippen LogP contribution in [0.15, 0.2) is 0 Å². The predicted molar refractivity (Wildman–Crippen MR) is 104 cm³/mol. The second-order valence-electron chi connectivity index (χ2n) is 7.39. The fraction of sp³-hybridized carbons (Fsp3) is 0.778. The van der Waals surface area contributed by atoms with E-state index in [0.29, 0.717) is 19.4 Å². The fourth-order valence-corrected chi connectivity index (χ4v) is 2.68. The van der Waals surface area contributed by atoms with E-state index in [1.807, 2.05) is 13.8 Å². The molecule has 0 bridgehead atoms. The zero-order valence-electron chi connectivity index (χ0n) is 17.0. The molecule has 0 spiro atoms. The van der Waals surface area contributed by atoms with Crippen LogP contribution in [0.25, 0.3) is 0 Å². The van der Waals surface area contributed by atoms with Gasteiger partial charge in [-0.3, -0.25) is 15.4 Å². The number of unbranched alkanes of at least 4 members (excludes halogenated alkanes) is 2. The third-order valence-electron chi connectivity index (χ3n) is 4.27. The fourth-order valence-electron chi connectivity index (χ4n) is 2.68. The Morgan fingerprint density at radius 1 is 0.929 bits per heavy atom. The number of carbonyl (C=O) groups is 4. The highest BCUT2D eigenvalue weighted by molar-refractivity contribution is 5.94. The third kappa shape index (κ3) is 11.5. The summed E-state index contributed by atoms with van der Waals surface area (Å²) in [5, 5.41) is 27.9. The summed E-state index contributed by atoms with van der Waals surface area (Å²) >= 11 is 0. The van der Waals surface area contributed by atoms with Gasteiger partial charge in [-0.05, 0) is 31.2 Å². The lowest BCUT2D eigenvalue weighted by atomic mass is 10.0. The molecule has 28 heavy (non-hydrogen) atoms. The Balaban J connectivity index is 4.53. The van der Waals surface area contributed by atoms with Crippen LogP contribution in [0.5, 0.6) is 0 Å². The van der Waals surface area contributed by atoms with Crippen LogP contribution in [0.1, 0.15) is 53.4 Å². The second kappa shape index (κ2) is 13.9. The normalized spacial score (nSPS) is 14.4. The van der Waals surface area contributed by atoms with E-state index in [0.717, 1.165) is 19.1 Å². The van der Waals surface area contributed by atoms with Gasteiger partial charge in [-0.1, -0.05) is 40.5 Å². The summed E-state index contributed by atoms with van der Waals surface area (Å²) in [6.07, 6.45) is 0.295. The van der Waals surface area contributed by atoms with Crippen LogP contribution in [0.3, 0.4) is 0 Å². The average molecular weight is 402 g/mol. The Morgan fingerprint density at radius 2 is 1.57 bits per heavy atom. The highest BCUT2D eigenvalue weighted by Crippen LogP contribution is 2.08. The molecule has 0 aliphatic heterocycles. The topological polar surface area (TPSA) is 157 Å². The van der Waals surface area contributed by atoms with Crippen molar-refractivity contribution in [3.8, 4) is 0 Å². The van der Waals surface area contributed by atoms with E-state index in [9.17, 15) is 19.2 Å². The van der Waals surface area contributed by atoms with Gasteiger partial charge < -0.3 is 25.6 Å². The molecule has 3 atom stereocenters. The van der Waals surface area contributed by atoms with Crippen LogP contribution in [0, 0.1) is 11.8 Å². The van der Waals surface area contributed by atoms with Crippen LogP contribution in [0.4, 0.5) is 9.59 Å². The molecule has 0 aliphatic rings. The number of imide groups is 1. The number of rotatable bonds is 14. The quantitative estimate of drug-likeness (QED) is 0.144. The lowest BCUT2D eigenvalue weighted by molar-refractivity contribution is -0.123. The maximum atomic E-state index is 12.0. The van der Waals surface area contributed by atoms with E-state index in [1.54, 1.807) is 19.2 Å². The van der Waals surface area contributed by atoms with Crippen LogP contribution >= 0.6 is 0 Å². The first-order valence-electron chi connectivity index (χ1n) is 9.56. The molecule has 0 aromatic heterocycles. The minimum atomic E-state index is -1.46. The lowest BCUT2D eigenvalue weighted by Crippen LogP contribution is -2.56. The molecular weight excluding hydrogens is 368 g/mol. The molecule has 0 fully saturated rings. The highest BCUT2D eigenvalue weighted by atomic mass is 16.4. The number of amides is 3. The van der Waals surface area contributed by atoms with Gasteiger partial charge in [-0.2, -0.15) is 0 Å². The second-order valence-corrected chi connectivity index (χ2v) is 7.39. The molecule has 0 saturated heterocycles. The van der Waals surface area contributed by atoms with Crippen LogP contribution in [-0.4, -0.2) is 59.4 Å². The number of nitrogens with one attached hydrogen (secondary N) is 4. The first-order valence-corrected chi connectivity index (χ1v) is 9.56. The zero-order valence-corrected chi connectivity index (χ0v) is 17.0. The summed E-state index contributed by atoms with van der Waals surface area (Å²) in [4.78, 5) is 44.7. The standard InChI is InChI=1S/C18H34N4O6/c1-11(2)13(10-23)19-9-7-5-6-8-14(21-17(25)26)20-15(12(3)4)16(24)22-18(27)28/h10-15,19-21H,5-9H2,1-4H3,(H,22,24)(H,25,26)(H,27,28)/t13?,14?,15-/m0/s1. The van der Waals surface area contributed by atoms with E-state index in [1.165, 1.54) is 0 Å². The van der Waals surface area contributed by atoms with Gasteiger partial charge in [0.05, 0.1) is 18.2 Å². The van der Waals surface area contributed by atoms with E-state index in [2.05, 4.69) is 16.0 Å². The van der Waals surface area contributed by atoms with Gasteiger partial charge in [-0.25, -0.2) is 9.59 Å². The molecule has 0 heterocycles. The van der Waals surface area contributed by atoms with Crippen molar-refractivity contribution >= 4 is 24.4 Å². The summed E-state index contributed by atoms with van der Waals surface area (Å²) in [7, 11) is 0. The van der Waals surface area contributed by atoms with Gasteiger partial charge in [0.1, 0.15) is 6.29 Å². The SMILES string of the molecule is CC(C)C(C=O)NCCCCCC(NC(=O)O)N[C@H](C(=O)NC(=O)O)C(C)C. The predicted octanol–water partition coefficient (Wildman–Crippen LogP) is 1.36. The first kappa shape index (κ1) is 25.8. The molecule has 162 valence electrons. The van der Waals surface area contributed by atoms with Crippen LogP contribution < -0.4 is 21.3 Å². The minimum Gasteiger partial charge on any atom is -0.465 e. The van der Waals surface area contributed by atoms with Gasteiger partial charge in [0.2, 0.25) is 5.91 Å². The van der Waals surface area contributed by atoms with Crippen molar-refractivity contribution in [3.05, 3.63) is 0 Å². The number of hydrogen-bond acceptors (Lipinski definition) is 6. The van der Waals surface area contributed by atoms with E-state index in [4.69, 9.17) is 10.2 Å². The van der Waals surface area contributed by atoms with Crippen molar-refractivity contribution in [1.82, 2.24) is 21.3 Å². The summed E-state index contributed by atoms with van der Waals surface area (Å²) in [5.74, 6) is -0.744. The smallest absolute Gasteiger partial charge is 0.411 e. The van der Waals surface area contributed by atoms with Crippen molar-refractivity contribution in [2.75, 3.05) is 6.54 Å². The van der Waals surface area contributed by atoms with Gasteiger partial charge in [-0.15, -0.1) is 0 Å². The molecular formula is C18H34N4O6. The monoisotopic (exact) mass is 402 g/mol. The molecule has 2 unspecified atom stereocenters. The van der Waals surface area contributed by atoms with Gasteiger partial charge in [0, 0.05) is 0 Å². The number of carbonyl (C=O) groups excluding carboxylic acids is 2. The number of hydrogen-bond donors (Lipinski definition) is 6. The van der Waals surface area contributed by atoms with Crippen molar-refractivity contribution < 1.29 is 29.4 Å². The Hall–Kier alpha value is -2.20. The average Bonchev–Trinajstić information content (AvgIpc) is 2.56. The van der Waals surface area contributed by atoms with Gasteiger partial charge in [0.15, 0.2) is 0 Å². The Bertz CT molecular complexity index is 512. The first-order chi connectivity index (χ1) is 13.1. The van der Waals surface area contributed by atoms with Crippen LogP contribution in [-0.2, 0) is 9.59 Å². The maximum Gasteiger partial charge on any atom is 0.411 e. The van der Waals surface area contributed by atoms with Crippen molar-refractivity contribution in [3.63, 3.8) is 0 Å². The molecule has 0 rings (SSSR count). The van der Waals surface area contributed by atoms with Crippen molar-refractivity contribution in [1.29, 1.82) is 0 Å². The zero-order chi connectivity index (χ0) is 21.7. The van der Waals surface area contributed by atoms with Crippen molar-refractivity contribution in [2.24, 2.45) is 11.8 Å². The Kier molecular flexibility index (Phi) is 12.8. The lowest BCUT2D eigenvalue weighted by Gasteiger charge is -2.27. The van der Waals surface area contributed by atoms with Gasteiger partial charge in [0.25, 0.3) is 0 Å². The molecule has 0 radical (unpaired) electrons. The van der Waals surface area contributed by atoms with E-state index in [-0.39, 0.29) is 17.9 Å². The molecule has 0 aliphatic carbocycles. The molecule has 3 amide bonds. The Labute approximate surface area is 165 Å². The summed E-state index contributed by atoms with van der Waals surface area (Å²) < 4.78 is 0. The van der Waals surface area contributed by atoms with Crippen molar-refractivity contribution in [2.45, 2.75) is 71.6 Å². The van der Waals surface area contributed by atoms with E-state index < -0.39 is 30.3 Å². The molecule has 0 saturated carbocycles. The summed E-state index contributed by atoms with van der Waals surface area (Å²) in [5.41, 5.74) is 0. The molecule has 0 aromatic rings.